The van der Waals surface area contributed by atoms with Crippen LogP contribution in [0.2, 0.25) is 0 Å². The summed E-state index contributed by atoms with van der Waals surface area (Å²) in [5, 5.41) is 0. The number of hydrogen-bond acceptors (Lipinski definition) is 1. The average Bonchev–Trinajstić information content (AvgIpc) is 2.85. The molecule has 2 aromatic rings. The van der Waals surface area contributed by atoms with Crippen molar-refractivity contribution in [3.63, 3.8) is 0 Å². The first kappa shape index (κ1) is 18.9. The minimum absolute atomic E-state index is 0.120. The van der Waals surface area contributed by atoms with Crippen molar-refractivity contribution in [3.05, 3.63) is 70.8 Å². The summed E-state index contributed by atoms with van der Waals surface area (Å²) < 4.78 is 2.58. The Bertz CT molecular complexity index is 884. The van der Waals surface area contributed by atoms with Crippen LogP contribution in [-0.2, 0) is 0 Å². The van der Waals surface area contributed by atoms with Crippen LogP contribution in [0.15, 0.2) is 48.5 Å². The number of benzene rings is 2. The van der Waals surface area contributed by atoms with Gasteiger partial charge in [-0.2, -0.15) is 0 Å². The number of halogens is 2. The van der Waals surface area contributed by atoms with E-state index in [1.807, 2.05) is 0 Å². The molecule has 4 fully saturated rings. The highest BCUT2D eigenvalue weighted by atomic mass is 35.9. The zero-order valence-corrected chi connectivity index (χ0v) is 18.9. The van der Waals surface area contributed by atoms with Crippen LogP contribution < -0.4 is 0 Å². The minimum atomic E-state index is -1.26. The lowest BCUT2D eigenvalue weighted by atomic mass is 9.52. The standard InChI is InChI=1S/C25H26Cl2NP/c26-29(27)28(25-14-17-11-18(15-25)13-19(12-17)16-25)24-22-7-3-1-5-20(22)9-10-21-6-2-4-8-23(21)24/h1-10,17-19,24H,11-16H2. The van der Waals surface area contributed by atoms with Gasteiger partial charge >= 0.3 is 0 Å². The van der Waals surface area contributed by atoms with Crippen molar-refractivity contribution in [2.75, 3.05) is 0 Å². The molecule has 0 N–H and O–H groups in total. The summed E-state index contributed by atoms with van der Waals surface area (Å²) >= 11 is 13.9. The second kappa shape index (κ2) is 7.10. The summed E-state index contributed by atoms with van der Waals surface area (Å²) in [6, 6.07) is 17.7. The van der Waals surface area contributed by atoms with Gasteiger partial charge in [-0.15, -0.1) is 0 Å². The first-order valence-corrected chi connectivity index (χ1v) is 14.0. The molecule has 0 heterocycles. The van der Waals surface area contributed by atoms with Crippen LogP contribution in [0.4, 0.5) is 0 Å². The minimum Gasteiger partial charge on any atom is -0.240 e. The van der Waals surface area contributed by atoms with Gasteiger partial charge in [0.15, 0.2) is 6.78 Å². The number of nitrogens with zero attached hydrogens (tertiary/aromatic N) is 1. The zero-order chi connectivity index (χ0) is 19.6. The van der Waals surface area contributed by atoms with Crippen LogP contribution in [0.1, 0.15) is 66.8 Å². The van der Waals surface area contributed by atoms with Gasteiger partial charge in [0.05, 0.1) is 6.04 Å². The largest absolute Gasteiger partial charge is 0.240 e. The molecule has 5 aliphatic carbocycles. The van der Waals surface area contributed by atoms with Crippen molar-refractivity contribution in [2.45, 2.75) is 50.1 Å². The summed E-state index contributed by atoms with van der Waals surface area (Å²) in [6.45, 7) is -1.26. The quantitative estimate of drug-likeness (QED) is 0.433. The highest BCUT2D eigenvalue weighted by molar-refractivity contribution is 8.02. The van der Waals surface area contributed by atoms with E-state index in [1.54, 1.807) is 0 Å². The SMILES string of the molecule is ClP(Cl)N(C1c2ccccc2C=Cc2ccccc21)C12CC3CC(CC(C3)C1)C2. The summed E-state index contributed by atoms with van der Waals surface area (Å²) in [7, 11) is 0. The molecule has 1 nitrogen and oxygen atoms in total. The Morgan fingerprint density at radius 1 is 0.724 bits per heavy atom. The molecule has 0 aliphatic heterocycles. The topological polar surface area (TPSA) is 3.24 Å². The first-order chi connectivity index (χ1) is 14.1. The van der Waals surface area contributed by atoms with Gasteiger partial charge in [-0.3, -0.25) is 0 Å². The Morgan fingerprint density at radius 3 is 1.62 bits per heavy atom. The van der Waals surface area contributed by atoms with Crippen LogP contribution in [0, 0.1) is 17.8 Å². The predicted molar refractivity (Wildman–Crippen MR) is 125 cm³/mol. The molecule has 4 saturated carbocycles. The van der Waals surface area contributed by atoms with Crippen molar-refractivity contribution < 1.29 is 0 Å². The van der Waals surface area contributed by atoms with E-state index in [9.17, 15) is 0 Å². The Hall–Kier alpha value is -0.850. The third-order valence-electron chi connectivity index (χ3n) is 7.92. The molecule has 4 bridgehead atoms. The normalized spacial score (nSPS) is 32.5. The fourth-order valence-electron chi connectivity index (χ4n) is 7.30. The first-order valence-electron chi connectivity index (χ1n) is 10.9. The van der Waals surface area contributed by atoms with E-state index in [2.05, 4.69) is 65.4 Å². The molecule has 0 radical (unpaired) electrons. The van der Waals surface area contributed by atoms with Crippen molar-refractivity contribution >= 4 is 41.4 Å². The lowest BCUT2D eigenvalue weighted by Crippen LogP contribution is -2.58. The van der Waals surface area contributed by atoms with Gasteiger partial charge in [0, 0.05) is 5.54 Å². The van der Waals surface area contributed by atoms with Crippen molar-refractivity contribution in [1.29, 1.82) is 0 Å². The molecule has 29 heavy (non-hydrogen) atoms. The van der Waals surface area contributed by atoms with Crippen LogP contribution in [0.3, 0.4) is 0 Å². The summed E-state index contributed by atoms with van der Waals surface area (Å²) in [5.41, 5.74) is 5.41. The van der Waals surface area contributed by atoms with Gasteiger partial charge in [-0.05, 0) is 78.5 Å². The Kier molecular flexibility index (Phi) is 4.62. The molecule has 0 spiro atoms. The van der Waals surface area contributed by atoms with E-state index in [1.165, 1.54) is 60.8 Å². The molecule has 0 saturated heterocycles. The molecular formula is C25H26Cl2NP. The van der Waals surface area contributed by atoms with Gasteiger partial charge in [-0.25, -0.2) is 4.67 Å². The second-order valence-corrected chi connectivity index (χ2v) is 13.0. The van der Waals surface area contributed by atoms with Crippen LogP contribution in [-0.4, -0.2) is 10.2 Å². The van der Waals surface area contributed by atoms with E-state index >= 15 is 0 Å². The van der Waals surface area contributed by atoms with E-state index < -0.39 is 6.78 Å². The smallest absolute Gasteiger partial charge is 0.161 e. The molecule has 5 aliphatic rings. The fourth-order valence-corrected chi connectivity index (χ4v) is 9.78. The van der Waals surface area contributed by atoms with E-state index in [0.717, 1.165) is 17.8 Å². The maximum absolute atomic E-state index is 6.94. The molecule has 0 atom stereocenters. The molecule has 4 heteroatoms. The lowest BCUT2D eigenvalue weighted by molar-refractivity contribution is -0.0621. The lowest BCUT2D eigenvalue weighted by Gasteiger charge is -2.62. The van der Waals surface area contributed by atoms with Crippen LogP contribution in [0.5, 0.6) is 0 Å². The van der Waals surface area contributed by atoms with Gasteiger partial charge in [0.2, 0.25) is 0 Å². The maximum atomic E-state index is 6.94. The third kappa shape index (κ3) is 3.04. The van der Waals surface area contributed by atoms with E-state index in [4.69, 9.17) is 22.5 Å². The van der Waals surface area contributed by atoms with E-state index in [0.29, 0.717) is 0 Å². The third-order valence-corrected chi connectivity index (χ3v) is 9.88. The summed E-state index contributed by atoms with van der Waals surface area (Å²) in [6.07, 6.45) is 12.6. The molecule has 0 amide bonds. The van der Waals surface area contributed by atoms with Crippen LogP contribution in [0.25, 0.3) is 12.2 Å². The Balaban J connectivity index is 1.54. The highest BCUT2D eigenvalue weighted by Crippen LogP contribution is 2.68. The second-order valence-electron chi connectivity index (χ2n) is 9.70. The van der Waals surface area contributed by atoms with Crippen molar-refractivity contribution in [1.82, 2.24) is 4.67 Å². The number of hydrogen-bond donors (Lipinski definition) is 0. The summed E-state index contributed by atoms with van der Waals surface area (Å²) in [4.78, 5) is 0. The predicted octanol–water partition coefficient (Wildman–Crippen LogP) is 8.24. The molecule has 150 valence electrons. The molecular weight excluding hydrogens is 416 g/mol. The van der Waals surface area contributed by atoms with E-state index in [-0.39, 0.29) is 11.6 Å². The fraction of sp³-hybridized carbons (Fsp3) is 0.440. The Labute approximate surface area is 184 Å². The van der Waals surface area contributed by atoms with Gasteiger partial charge in [-0.1, -0.05) is 83.2 Å². The molecule has 0 unspecified atom stereocenters. The van der Waals surface area contributed by atoms with Gasteiger partial charge in [0.25, 0.3) is 0 Å². The van der Waals surface area contributed by atoms with Crippen LogP contribution >= 0.6 is 29.3 Å². The summed E-state index contributed by atoms with van der Waals surface area (Å²) in [5.74, 6) is 2.59. The molecule has 2 aromatic carbocycles. The van der Waals surface area contributed by atoms with Crippen molar-refractivity contribution in [2.24, 2.45) is 17.8 Å². The van der Waals surface area contributed by atoms with Crippen molar-refractivity contribution in [3.8, 4) is 0 Å². The Morgan fingerprint density at radius 2 is 1.17 bits per heavy atom. The monoisotopic (exact) mass is 441 g/mol. The molecule has 7 rings (SSSR count). The van der Waals surface area contributed by atoms with Gasteiger partial charge < -0.3 is 0 Å². The maximum Gasteiger partial charge on any atom is 0.161 e. The zero-order valence-electron chi connectivity index (χ0n) is 16.5. The molecule has 0 aromatic heterocycles. The van der Waals surface area contributed by atoms with Gasteiger partial charge in [0.1, 0.15) is 0 Å². The number of fused-ring (bicyclic) bond motifs is 2. The highest BCUT2D eigenvalue weighted by Gasteiger charge is 2.56. The number of rotatable bonds is 3. The average molecular weight is 442 g/mol.